The summed E-state index contributed by atoms with van der Waals surface area (Å²) >= 11 is 0. The molecule has 0 aliphatic carbocycles. The second-order valence-electron chi connectivity index (χ2n) is 5.46. The van der Waals surface area contributed by atoms with Gasteiger partial charge in [-0.15, -0.1) is 0 Å². The van der Waals surface area contributed by atoms with E-state index >= 15 is 0 Å². The van der Waals surface area contributed by atoms with Gasteiger partial charge < -0.3 is 14.2 Å². The molecule has 2 heterocycles. The Kier molecular flexibility index (Phi) is 3.74. The zero-order valence-corrected chi connectivity index (χ0v) is 12.6. The first-order valence-corrected chi connectivity index (χ1v) is 8.01. The summed E-state index contributed by atoms with van der Waals surface area (Å²) < 4.78 is 65.8. The molecule has 0 radical (unpaired) electrons. The van der Waals surface area contributed by atoms with Crippen molar-refractivity contribution >= 4 is 10.0 Å². The normalized spacial score (nSPS) is 20.5. The van der Waals surface area contributed by atoms with E-state index in [0.29, 0.717) is 26.3 Å². The largest absolute Gasteiger partial charge is 0.497 e. The second kappa shape index (κ2) is 5.32. The molecular weight excluding hydrogens is 320 g/mol. The molecule has 22 heavy (non-hydrogen) atoms. The van der Waals surface area contributed by atoms with Crippen molar-refractivity contribution in [1.82, 2.24) is 4.31 Å². The molecule has 6 nitrogen and oxygen atoms in total. The van der Waals surface area contributed by atoms with Gasteiger partial charge in [0, 0.05) is 24.6 Å². The van der Waals surface area contributed by atoms with E-state index in [-0.39, 0.29) is 21.8 Å². The smallest absolute Gasteiger partial charge is 0.387 e. The summed E-state index contributed by atoms with van der Waals surface area (Å²) in [5.74, 6) is -0.135. The molecule has 2 aliphatic heterocycles. The number of methoxy groups -OCH3 is 1. The van der Waals surface area contributed by atoms with Gasteiger partial charge in [0.2, 0.25) is 10.0 Å². The van der Waals surface area contributed by atoms with E-state index in [4.69, 9.17) is 9.47 Å². The van der Waals surface area contributed by atoms with Crippen molar-refractivity contribution < 1.29 is 31.4 Å². The van der Waals surface area contributed by atoms with Crippen molar-refractivity contribution in [2.24, 2.45) is 5.41 Å². The monoisotopic (exact) mass is 335 g/mol. The SMILES string of the molecule is COc1ccc(OC(F)F)c(S(=O)(=O)N2CC3(COC3)C2)c1. The van der Waals surface area contributed by atoms with Gasteiger partial charge in [-0.1, -0.05) is 0 Å². The number of ether oxygens (including phenoxy) is 3. The van der Waals surface area contributed by atoms with Gasteiger partial charge in [-0.3, -0.25) is 0 Å². The van der Waals surface area contributed by atoms with Crippen molar-refractivity contribution in [2.75, 3.05) is 33.4 Å². The zero-order chi connectivity index (χ0) is 16.0. The van der Waals surface area contributed by atoms with E-state index in [1.54, 1.807) is 0 Å². The lowest BCUT2D eigenvalue weighted by atomic mass is 9.80. The lowest BCUT2D eigenvalue weighted by Crippen LogP contribution is -2.66. The van der Waals surface area contributed by atoms with Crippen molar-refractivity contribution in [3.8, 4) is 11.5 Å². The van der Waals surface area contributed by atoms with Crippen LogP contribution in [0.5, 0.6) is 11.5 Å². The van der Waals surface area contributed by atoms with Crippen molar-refractivity contribution in [3.63, 3.8) is 0 Å². The molecular formula is C13H15F2NO5S. The Labute approximate surface area is 126 Å². The fourth-order valence-electron chi connectivity index (χ4n) is 2.59. The molecule has 0 unspecified atom stereocenters. The average Bonchev–Trinajstić information content (AvgIpc) is 2.34. The summed E-state index contributed by atoms with van der Waals surface area (Å²) in [4.78, 5) is -0.317. The fraction of sp³-hybridized carbons (Fsp3) is 0.538. The van der Waals surface area contributed by atoms with Crippen LogP contribution in [0.4, 0.5) is 8.78 Å². The van der Waals surface area contributed by atoms with E-state index in [9.17, 15) is 17.2 Å². The van der Waals surface area contributed by atoms with Gasteiger partial charge in [0.25, 0.3) is 0 Å². The average molecular weight is 335 g/mol. The Morgan fingerprint density at radius 1 is 1.32 bits per heavy atom. The van der Waals surface area contributed by atoms with Crippen LogP contribution in [0, 0.1) is 5.41 Å². The molecule has 1 spiro atoms. The van der Waals surface area contributed by atoms with Gasteiger partial charge in [0.15, 0.2) is 0 Å². The number of nitrogens with zero attached hydrogens (tertiary/aromatic N) is 1. The highest BCUT2D eigenvalue weighted by Crippen LogP contribution is 2.42. The Morgan fingerprint density at radius 3 is 2.50 bits per heavy atom. The number of halogens is 2. The molecule has 2 aliphatic rings. The lowest BCUT2D eigenvalue weighted by molar-refractivity contribution is -0.166. The van der Waals surface area contributed by atoms with Crippen molar-refractivity contribution in [1.29, 1.82) is 0 Å². The van der Waals surface area contributed by atoms with E-state index in [0.717, 1.165) is 0 Å². The highest BCUT2D eigenvalue weighted by molar-refractivity contribution is 7.89. The van der Waals surface area contributed by atoms with Crippen LogP contribution < -0.4 is 9.47 Å². The number of benzene rings is 1. The summed E-state index contributed by atoms with van der Waals surface area (Å²) in [5, 5.41) is 0. The summed E-state index contributed by atoms with van der Waals surface area (Å²) in [6.45, 7) is -1.42. The van der Waals surface area contributed by atoms with Gasteiger partial charge in [-0.25, -0.2) is 8.42 Å². The number of rotatable bonds is 5. The molecule has 2 fully saturated rings. The van der Waals surface area contributed by atoms with Crippen molar-refractivity contribution in [2.45, 2.75) is 11.5 Å². The third-order valence-corrected chi connectivity index (χ3v) is 5.64. The minimum absolute atomic E-state index is 0.115. The molecule has 1 aromatic carbocycles. The molecule has 0 saturated carbocycles. The maximum Gasteiger partial charge on any atom is 0.387 e. The number of hydrogen-bond acceptors (Lipinski definition) is 5. The number of hydrogen-bond donors (Lipinski definition) is 0. The lowest BCUT2D eigenvalue weighted by Gasteiger charge is -2.53. The van der Waals surface area contributed by atoms with Crippen LogP contribution in [-0.2, 0) is 14.8 Å². The Hall–Kier alpha value is -1.45. The maximum absolute atomic E-state index is 12.6. The van der Waals surface area contributed by atoms with E-state index < -0.39 is 16.6 Å². The highest BCUT2D eigenvalue weighted by atomic mass is 32.2. The molecule has 0 amide bonds. The quantitative estimate of drug-likeness (QED) is 0.812. The highest BCUT2D eigenvalue weighted by Gasteiger charge is 2.53. The fourth-order valence-corrected chi connectivity index (χ4v) is 4.40. The number of alkyl halides is 2. The van der Waals surface area contributed by atoms with Crippen LogP contribution in [0.3, 0.4) is 0 Å². The summed E-state index contributed by atoms with van der Waals surface area (Å²) in [5.41, 5.74) is -0.115. The predicted molar refractivity (Wildman–Crippen MR) is 71.6 cm³/mol. The molecule has 3 rings (SSSR count). The van der Waals surface area contributed by atoms with Gasteiger partial charge in [0.1, 0.15) is 16.4 Å². The standard InChI is InChI=1S/C13H15F2NO5S/c1-19-9-2-3-10(21-12(14)15)11(4-9)22(17,18)16-5-13(6-16)7-20-8-13/h2-4,12H,5-8H2,1H3. The summed E-state index contributed by atoms with van der Waals surface area (Å²) in [6.07, 6.45) is 0. The minimum atomic E-state index is -3.92. The molecule has 0 atom stereocenters. The van der Waals surface area contributed by atoms with Crippen LogP contribution in [0.2, 0.25) is 0 Å². The molecule has 1 aromatic rings. The Bertz CT molecular complexity index is 667. The van der Waals surface area contributed by atoms with E-state index in [1.807, 2.05) is 0 Å². The van der Waals surface area contributed by atoms with E-state index in [2.05, 4.69) is 4.74 Å². The molecule has 2 saturated heterocycles. The van der Waals surface area contributed by atoms with E-state index in [1.165, 1.54) is 29.6 Å². The third kappa shape index (κ3) is 2.53. The first-order chi connectivity index (χ1) is 10.4. The summed E-state index contributed by atoms with van der Waals surface area (Å²) in [7, 11) is -2.55. The second-order valence-corrected chi connectivity index (χ2v) is 7.36. The summed E-state index contributed by atoms with van der Waals surface area (Å²) in [6, 6.07) is 3.73. The van der Waals surface area contributed by atoms with Gasteiger partial charge >= 0.3 is 6.61 Å². The molecule has 122 valence electrons. The van der Waals surface area contributed by atoms with Gasteiger partial charge in [-0.05, 0) is 12.1 Å². The van der Waals surface area contributed by atoms with Crippen LogP contribution in [0.1, 0.15) is 0 Å². The minimum Gasteiger partial charge on any atom is -0.497 e. The van der Waals surface area contributed by atoms with Crippen LogP contribution >= 0.6 is 0 Å². The topological polar surface area (TPSA) is 65.1 Å². The first-order valence-electron chi connectivity index (χ1n) is 6.57. The van der Waals surface area contributed by atoms with Crippen LogP contribution in [0.15, 0.2) is 23.1 Å². The predicted octanol–water partition coefficient (Wildman–Crippen LogP) is 1.32. The first kappa shape index (κ1) is 15.4. The molecule has 9 heteroatoms. The van der Waals surface area contributed by atoms with Gasteiger partial charge in [-0.2, -0.15) is 13.1 Å². The Morgan fingerprint density at radius 2 is 2.00 bits per heavy atom. The number of sulfonamides is 1. The van der Waals surface area contributed by atoms with Crippen molar-refractivity contribution in [3.05, 3.63) is 18.2 Å². The van der Waals surface area contributed by atoms with Crippen LogP contribution in [-0.4, -0.2) is 52.7 Å². The molecule has 0 bridgehead atoms. The maximum atomic E-state index is 12.6. The third-order valence-electron chi connectivity index (χ3n) is 3.82. The van der Waals surface area contributed by atoms with Crippen LogP contribution in [0.25, 0.3) is 0 Å². The zero-order valence-electron chi connectivity index (χ0n) is 11.8. The molecule has 0 N–H and O–H groups in total. The van der Waals surface area contributed by atoms with Gasteiger partial charge in [0.05, 0.1) is 20.3 Å². The Balaban J connectivity index is 1.91. The molecule has 0 aromatic heterocycles.